The monoisotopic (exact) mass is 277 g/mol. The van der Waals surface area contributed by atoms with Gasteiger partial charge >= 0.3 is 0 Å². The van der Waals surface area contributed by atoms with Crippen molar-refractivity contribution in [2.45, 2.75) is 43.0 Å². The first-order chi connectivity index (χ1) is 9.20. The Morgan fingerprint density at radius 1 is 1.37 bits per heavy atom. The Kier molecular flexibility index (Phi) is 3.37. The van der Waals surface area contributed by atoms with E-state index in [4.69, 9.17) is 10.3 Å². The van der Waals surface area contributed by atoms with Crippen LogP contribution >= 0.6 is 11.8 Å². The predicted octanol–water partition coefficient (Wildman–Crippen LogP) is 2.31. The molecule has 19 heavy (non-hydrogen) atoms. The summed E-state index contributed by atoms with van der Waals surface area (Å²) in [6.45, 7) is 1.89. The summed E-state index contributed by atoms with van der Waals surface area (Å²) in [5.74, 6) is 3.01. The zero-order chi connectivity index (χ0) is 13.2. The van der Waals surface area contributed by atoms with E-state index in [1.165, 1.54) is 31.0 Å². The van der Waals surface area contributed by atoms with Crippen molar-refractivity contribution in [3.05, 3.63) is 23.5 Å². The van der Waals surface area contributed by atoms with Gasteiger partial charge in [0, 0.05) is 17.7 Å². The van der Waals surface area contributed by atoms with Gasteiger partial charge in [0.1, 0.15) is 5.82 Å². The maximum Gasteiger partial charge on any atom is 0.237 e. The second kappa shape index (κ2) is 5.16. The van der Waals surface area contributed by atoms with Gasteiger partial charge in [-0.15, -0.1) is 0 Å². The molecule has 2 heterocycles. The Morgan fingerprint density at radius 2 is 2.21 bits per heavy atom. The van der Waals surface area contributed by atoms with Gasteiger partial charge in [-0.05, 0) is 19.8 Å². The molecule has 1 aliphatic rings. The van der Waals surface area contributed by atoms with Gasteiger partial charge in [0.05, 0.1) is 5.75 Å². The highest BCUT2D eigenvalue weighted by molar-refractivity contribution is 7.98. The van der Waals surface area contributed by atoms with E-state index in [1.807, 2.05) is 6.92 Å². The van der Waals surface area contributed by atoms with Gasteiger partial charge in [0.2, 0.25) is 5.89 Å². The van der Waals surface area contributed by atoms with E-state index in [0.717, 1.165) is 11.5 Å². The van der Waals surface area contributed by atoms with Crippen molar-refractivity contribution < 1.29 is 4.52 Å². The summed E-state index contributed by atoms with van der Waals surface area (Å²) in [5, 5.41) is 4.66. The fraction of sp³-hybridized carbons (Fsp3) is 0.500. The molecule has 0 unspecified atom stereocenters. The summed E-state index contributed by atoms with van der Waals surface area (Å²) in [6.07, 6.45) is 3.60. The van der Waals surface area contributed by atoms with Crippen LogP contribution in [0, 0.1) is 6.92 Å². The predicted molar refractivity (Wildman–Crippen MR) is 71.6 cm³/mol. The summed E-state index contributed by atoms with van der Waals surface area (Å²) in [7, 11) is 0. The highest BCUT2D eigenvalue weighted by Gasteiger charge is 2.24. The number of aromatic nitrogens is 4. The third-order valence-corrected chi connectivity index (χ3v) is 3.96. The lowest BCUT2D eigenvalue weighted by atomic mass is 9.85. The summed E-state index contributed by atoms with van der Waals surface area (Å²) in [5.41, 5.74) is 6.54. The van der Waals surface area contributed by atoms with Crippen LogP contribution in [-0.2, 0) is 5.75 Å². The minimum Gasteiger partial charge on any atom is -0.384 e. The number of hydrogen-bond donors (Lipinski definition) is 1. The van der Waals surface area contributed by atoms with Gasteiger partial charge < -0.3 is 10.3 Å². The van der Waals surface area contributed by atoms with E-state index in [0.29, 0.717) is 28.5 Å². The van der Waals surface area contributed by atoms with Gasteiger partial charge in [-0.25, -0.2) is 9.97 Å². The molecule has 2 aromatic heterocycles. The molecule has 6 nitrogen and oxygen atoms in total. The quantitative estimate of drug-likeness (QED) is 0.677. The van der Waals surface area contributed by atoms with Crippen LogP contribution in [0.2, 0.25) is 0 Å². The van der Waals surface area contributed by atoms with Gasteiger partial charge in [0.25, 0.3) is 0 Å². The number of anilines is 1. The molecule has 1 fully saturated rings. The molecular weight excluding hydrogens is 262 g/mol. The number of aryl methyl sites for hydroxylation is 1. The van der Waals surface area contributed by atoms with Crippen LogP contribution in [0.4, 0.5) is 5.82 Å². The second-order valence-corrected chi connectivity index (χ2v) is 5.62. The molecule has 1 saturated carbocycles. The number of nitrogens with zero attached hydrogens (tertiary/aromatic N) is 4. The topological polar surface area (TPSA) is 90.7 Å². The summed E-state index contributed by atoms with van der Waals surface area (Å²) < 4.78 is 5.23. The molecule has 0 aliphatic heterocycles. The Balaban J connectivity index is 1.63. The van der Waals surface area contributed by atoms with Crippen LogP contribution in [0.1, 0.15) is 42.6 Å². The molecule has 0 radical (unpaired) electrons. The van der Waals surface area contributed by atoms with Crippen LogP contribution in [-0.4, -0.2) is 20.1 Å². The molecule has 0 aromatic carbocycles. The van der Waals surface area contributed by atoms with E-state index in [1.54, 1.807) is 6.07 Å². The average Bonchev–Trinajstić information content (AvgIpc) is 2.71. The maximum atomic E-state index is 5.68. The molecule has 0 spiro atoms. The van der Waals surface area contributed by atoms with Gasteiger partial charge in [-0.1, -0.05) is 23.3 Å². The molecule has 1 aliphatic carbocycles. The zero-order valence-corrected chi connectivity index (χ0v) is 11.5. The highest BCUT2D eigenvalue weighted by Crippen LogP contribution is 2.34. The molecule has 0 saturated heterocycles. The van der Waals surface area contributed by atoms with Crippen molar-refractivity contribution in [2.24, 2.45) is 0 Å². The van der Waals surface area contributed by atoms with E-state index in [2.05, 4.69) is 20.1 Å². The van der Waals surface area contributed by atoms with Crippen LogP contribution in [0.5, 0.6) is 0 Å². The SMILES string of the molecule is Cc1cc(N)nc(SCc2nc(C3CCC3)no2)n1. The normalized spacial score (nSPS) is 15.4. The van der Waals surface area contributed by atoms with E-state index < -0.39 is 0 Å². The summed E-state index contributed by atoms with van der Waals surface area (Å²) in [6, 6.07) is 1.74. The first-order valence-electron chi connectivity index (χ1n) is 6.27. The van der Waals surface area contributed by atoms with Crippen LogP contribution < -0.4 is 5.73 Å². The van der Waals surface area contributed by atoms with Crippen molar-refractivity contribution in [2.75, 3.05) is 5.73 Å². The number of rotatable bonds is 4. The van der Waals surface area contributed by atoms with Gasteiger partial charge in [-0.2, -0.15) is 4.98 Å². The van der Waals surface area contributed by atoms with E-state index >= 15 is 0 Å². The van der Waals surface area contributed by atoms with Crippen molar-refractivity contribution in [3.8, 4) is 0 Å². The Morgan fingerprint density at radius 3 is 2.89 bits per heavy atom. The zero-order valence-electron chi connectivity index (χ0n) is 10.7. The summed E-state index contributed by atoms with van der Waals surface area (Å²) in [4.78, 5) is 12.9. The molecule has 7 heteroatoms. The standard InChI is InChI=1S/C12H15N5OS/c1-7-5-9(13)15-12(14-7)19-6-10-16-11(17-18-10)8-3-2-4-8/h5,8H,2-4,6H2,1H3,(H2,13,14,15). The minimum atomic E-state index is 0.482. The molecule has 2 aromatic rings. The van der Waals surface area contributed by atoms with Crippen LogP contribution in [0.15, 0.2) is 15.7 Å². The number of thioether (sulfide) groups is 1. The largest absolute Gasteiger partial charge is 0.384 e. The molecular formula is C12H15N5OS. The molecule has 0 bridgehead atoms. The number of nitrogen functional groups attached to an aromatic ring is 1. The Labute approximate surface area is 115 Å². The van der Waals surface area contributed by atoms with Gasteiger partial charge in [-0.3, -0.25) is 0 Å². The average molecular weight is 277 g/mol. The van der Waals surface area contributed by atoms with E-state index in [9.17, 15) is 0 Å². The highest BCUT2D eigenvalue weighted by atomic mass is 32.2. The Hall–Kier alpha value is -1.63. The third kappa shape index (κ3) is 2.86. The van der Waals surface area contributed by atoms with Crippen LogP contribution in [0.3, 0.4) is 0 Å². The third-order valence-electron chi connectivity index (χ3n) is 3.13. The van der Waals surface area contributed by atoms with E-state index in [-0.39, 0.29) is 0 Å². The first-order valence-corrected chi connectivity index (χ1v) is 7.26. The number of nitrogens with two attached hydrogens (primary N) is 1. The lowest BCUT2D eigenvalue weighted by Crippen LogP contribution is -2.10. The minimum absolute atomic E-state index is 0.482. The Bertz CT molecular complexity index is 561. The molecule has 0 atom stereocenters. The molecule has 2 N–H and O–H groups in total. The summed E-state index contributed by atoms with van der Waals surface area (Å²) >= 11 is 1.45. The lowest BCUT2D eigenvalue weighted by Gasteiger charge is -2.20. The fourth-order valence-corrected chi connectivity index (χ4v) is 2.66. The molecule has 3 rings (SSSR count). The molecule has 100 valence electrons. The first kappa shape index (κ1) is 12.4. The van der Waals surface area contributed by atoms with Crippen molar-refractivity contribution in [1.29, 1.82) is 0 Å². The van der Waals surface area contributed by atoms with Crippen molar-refractivity contribution in [3.63, 3.8) is 0 Å². The van der Waals surface area contributed by atoms with Crippen LogP contribution in [0.25, 0.3) is 0 Å². The van der Waals surface area contributed by atoms with Crippen molar-refractivity contribution >= 4 is 17.6 Å². The smallest absolute Gasteiger partial charge is 0.237 e. The lowest BCUT2D eigenvalue weighted by molar-refractivity contribution is 0.352. The maximum absolute atomic E-state index is 5.68. The molecule has 0 amide bonds. The van der Waals surface area contributed by atoms with Gasteiger partial charge in [0.15, 0.2) is 11.0 Å². The second-order valence-electron chi connectivity index (χ2n) is 4.68. The number of hydrogen-bond acceptors (Lipinski definition) is 7. The fourth-order valence-electron chi connectivity index (χ4n) is 1.91. The van der Waals surface area contributed by atoms with Crippen molar-refractivity contribution in [1.82, 2.24) is 20.1 Å².